The monoisotopic (exact) mass is 400 g/mol. The fourth-order valence-electron chi connectivity index (χ4n) is 3.10. The molecule has 0 radical (unpaired) electrons. The third-order valence-corrected chi connectivity index (χ3v) is 4.32. The molecule has 3 heterocycles. The molecule has 4 rings (SSSR count). The lowest BCUT2D eigenvalue weighted by Gasteiger charge is -2.10. The van der Waals surface area contributed by atoms with Gasteiger partial charge in [-0.1, -0.05) is 0 Å². The van der Waals surface area contributed by atoms with Crippen LogP contribution in [-0.4, -0.2) is 36.5 Å². The molecule has 148 valence electrons. The summed E-state index contributed by atoms with van der Waals surface area (Å²) in [5, 5.41) is 4.47. The molecule has 4 aromatic rings. The van der Waals surface area contributed by atoms with Crippen molar-refractivity contribution >= 4 is 11.6 Å². The van der Waals surface area contributed by atoms with Crippen LogP contribution in [0.3, 0.4) is 0 Å². The molecule has 0 fully saturated rings. The number of benzene rings is 1. The molecule has 0 saturated carbocycles. The van der Waals surface area contributed by atoms with E-state index in [1.54, 1.807) is 12.1 Å². The van der Waals surface area contributed by atoms with Crippen LogP contribution < -0.4 is 5.73 Å². The molecule has 0 aliphatic rings. The first-order valence-electron chi connectivity index (χ1n) is 8.64. The molecule has 0 aliphatic heterocycles. The molecule has 0 atom stereocenters. The van der Waals surface area contributed by atoms with Crippen molar-refractivity contribution < 1.29 is 18.0 Å². The Kier molecular flexibility index (Phi) is 4.75. The molecule has 0 aliphatic carbocycles. The van der Waals surface area contributed by atoms with E-state index in [0.29, 0.717) is 34.0 Å². The van der Waals surface area contributed by atoms with Crippen molar-refractivity contribution in [2.45, 2.75) is 19.4 Å². The zero-order chi connectivity index (χ0) is 20.5. The van der Waals surface area contributed by atoms with E-state index < -0.39 is 24.7 Å². The van der Waals surface area contributed by atoms with E-state index in [-0.39, 0.29) is 6.42 Å². The van der Waals surface area contributed by atoms with Gasteiger partial charge in [0.15, 0.2) is 5.65 Å². The summed E-state index contributed by atoms with van der Waals surface area (Å²) in [5.74, 6) is -0.967. The number of carbonyl (C=O) groups excluding carboxylic acids is 1. The van der Waals surface area contributed by atoms with Gasteiger partial charge in [-0.25, -0.2) is 27.7 Å². The van der Waals surface area contributed by atoms with Crippen LogP contribution >= 0.6 is 0 Å². The minimum Gasteiger partial charge on any atom is -0.369 e. The Balaban J connectivity index is 1.89. The maximum atomic E-state index is 13.3. The number of hydrogen-bond acceptors (Lipinski definition) is 4. The Morgan fingerprint density at radius 1 is 1.10 bits per heavy atom. The molecular weight excluding hydrogens is 385 g/mol. The molecule has 1 amide bonds. The first-order chi connectivity index (χ1) is 13.9. The lowest BCUT2D eigenvalue weighted by Crippen LogP contribution is -2.15. The second kappa shape index (κ2) is 7.38. The molecule has 0 unspecified atom stereocenters. The lowest BCUT2D eigenvalue weighted by atomic mass is 10.1. The summed E-state index contributed by atoms with van der Waals surface area (Å²) in [5.41, 5.74) is 7.84. The highest BCUT2D eigenvalue weighted by molar-refractivity contribution is 5.78. The average molecular weight is 400 g/mol. The molecule has 0 bridgehead atoms. The molecule has 7 nitrogen and oxygen atoms in total. The van der Waals surface area contributed by atoms with Crippen molar-refractivity contribution in [3.8, 4) is 22.6 Å². The smallest absolute Gasteiger partial charge is 0.256 e. The van der Waals surface area contributed by atoms with Crippen molar-refractivity contribution in [2.75, 3.05) is 0 Å². The first-order valence-corrected chi connectivity index (χ1v) is 8.64. The molecule has 2 N–H and O–H groups in total. The normalized spacial score (nSPS) is 11.4. The van der Waals surface area contributed by atoms with Crippen molar-refractivity contribution in [3.05, 3.63) is 60.4 Å². The van der Waals surface area contributed by atoms with E-state index in [2.05, 4.69) is 15.1 Å². The first kappa shape index (κ1) is 18.7. The Labute approximate surface area is 162 Å². The van der Waals surface area contributed by atoms with Crippen molar-refractivity contribution in [1.82, 2.24) is 24.1 Å². The summed E-state index contributed by atoms with van der Waals surface area (Å²) < 4.78 is 42.3. The zero-order valence-corrected chi connectivity index (χ0v) is 15.0. The molecule has 1 aromatic carbocycles. The van der Waals surface area contributed by atoms with Gasteiger partial charge in [0, 0.05) is 5.56 Å². The summed E-state index contributed by atoms with van der Waals surface area (Å²) in [6, 6.07) is 8.85. The van der Waals surface area contributed by atoms with Gasteiger partial charge in [0.2, 0.25) is 5.91 Å². The quantitative estimate of drug-likeness (QED) is 0.539. The number of aromatic nitrogens is 5. The summed E-state index contributed by atoms with van der Waals surface area (Å²) in [6.45, 7) is -0.582. The van der Waals surface area contributed by atoms with Crippen LogP contribution in [0.4, 0.5) is 13.2 Å². The number of rotatable bonds is 6. The number of primary amides is 1. The lowest BCUT2D eigenvalue weighted by molar-refractivity contribution is -0.117. The molecular formula is C19H15F3N6O. The number of alkyl halides is 2. The van der Waals surface area contributed by atoms with E-state index in [1.165, 1.54) is 45.9 Å². The number of hydrogen-bond donors (Lipinski definition) is 1. The average Bonchev–Trinajstić information content (AvgIpc) is 3.25. The molecule has 29 heavy (non-hydrogen) atoms. The van der Waals surface area contributed by atoms with Gasteiger partial charge >= 0.3 is 0 Å². The summed E-state index contributed by atoms with van der Waals surface area (Å²) in [6.07, 6.45) is 0.100. The highest BCUT2D eigenvalue weighted by atomic mass is 19.3. The van der Waals surface area contributed by atoms with Crippen LogP contribution in [0.5, 0.6) is 0 Å². The number of carbonyl (C=O) groups is 1. The third kappa shape index (κ3) is 3.68. The Morgan fingerprint density at radius 2 is 1.86 bits per heavy atom. The highest BCUT2D eigenvalue weighted by Gasteiger charge is 2.20. The van der Waals surface area contributed by atoms with Crippen LogP contribution in [0.15, 0.2) is 48.9 Å². The molecule has 0 spiro atoms. The van der Waals surface area contributed by atoms with E-state index in [4.69, 9.17) is 5.73 Å². The fraction of sp³-hybridized carbons (Fsp3) is 0.158. The van der Waals surface area contributed by atoms with Gasteiger partial charge in [-0.15, -0.1) is 0 Å². The standard InChI is InChI=1S/C19H15F3N6O/c20-12-3-1-11(2-4-12)18-19(27(10-25-18)9-15(21)22)14-5-6-17-24-8-13(7-16(23)29)28(17)26-14/h1-6,8,10,15H,7,9H2,(H2,23,29). The summed E-state index contributed by atoms with van der Waals surface area (Å²) >= 11 is 0. The topological polar surface area (TPSA) is 91.1 Å². The predicted molar refractivity (Wildman–Crippen MR) is 98.5 cm³/mol. The number of halogens is 3. The van der Waals surface area contributed by atoms with E-state index in [1.807, 2.05) is 0 Å². The van der Waals surface area contributed by atoms with Gasteiger partial charge in [0.25, 0.3) is 6.43 Å². The van der Waals surface area contributed by atoms with Crippen LogP contribution in [0.25, 0.3) is 28.3 Å². The van der Waals surface area contributed by atoms with E-state index in [9.17, 15) is 18.0 Å². The van der Waals surface area contributed by atoms with Gasteiger partial charge in [-0.3, -0.25) is 4.79 Å². The largest absolute Gasteiger partial charge is 0.369 e. The van der Waals surface area contributed by atoms with Crippen molar-refractivity contribution in [3.63, 3.8) is 0 Å². The number of nitrogens with zero attached hydrogens (tertiary/aromatic N) is 5. The summed E-state index contributed by atoms with van der Waals surface area (Å²) in [4.78, 5) is 19.7. The number of imidazole rings is 2. The highest BCUT2D eigenvalue weighted by Crippen LogP contribution is 2.31. The maximum absolute atomic E-state index is 13.3. The molecule has 10 heteroatoms. The Hall–Kier alpha value is -3.69. The van der Waals surface area contributed by atoms with Gasteiger partial charge in [-0.2, -0.15) is 5.10 Å². The van der Waals surface area contributed by atoms with Gasteiger partial charge in [0.1, 0.15) is 11.5 Å². The van der Waals surface area contributed by atoms with Crippen molar-refractivity contribution in [2.24, 2.45) is 5.73 Å². The van der Waals surface area contributed by atoms with Crippen LogP contribution in [-0.2, 0) is 17.8 Å². The van der Waals surface area contributed by atoms with Gasteiger partial charge < -0.3 is 10.3 Å². The predicted octanol–water partition coefficient (Wildman–Crippen LogP) is 2.69. The van der Waals surface area contributed by atoms with Gasteiger partial charge in [-0.05, 0) is 36.4 Å². The minimum atomic E-state index is -2.61. The second-order valence-corrected chi connectivity index (χ2v) is 6.37. The van der Waals surface area contributed by atoms with E-state index in [0.717, 1.165) is 0 Å². The fourth-order valence-corrected chi connectivity index (χ4v) is 3.10. The Morgan fingerprint density at radius 3 is 2.55 bits per heavy atom. The van der Waals surface area contributed by atoms with Crippen LogP contribution in [0, 0.1) is 5.82 Å². The van der Waals surface area contributed by atoms with Crippen LogP contribution in [0.2, 0.25) is 0 Å². The Bertz CT molecular complexity index is 1180. The van der Waals surface area contributed by atoms with Gasteiger partial charge in [0.05, 0.1) is 42.6 Å². The maximum Gasteiger partial charge on any atom is 0.256 e. The molecule has 3 aromatic heterocycles. The van der Waals surface area contributed by atoms with Crippen LogP contribution in [0.1, 0.15) is 5.69 Å². The van der Waals surface area contributed by atoms with E-state index >= 15 is 0 Å². The second-order valence-electron chi connectivity index (χ2n) is 6.37. The van der Waals surface area contributed by atoms with Crippen molar-refractivity contribution in [1.29, 1.82) is 0 Å². The third-order valence-electron chi connectivity index (χ3n) is 4.32. The number of fused-ring (bicyclic) bond motifs is 1. The SMILES string of the molecule is NC(=O)Cc1cnc2ccc(-c3c(-c4ccc(F)cc4)ncn3CC(F)F)nn12. The zero-order valence-electron chi connectivity index (χ0n) is 15.0. The molecule has 0 saturated heterocycles. The number of nitrogens with two attached hydrogens (primary N) is 1. The number of amides is 1. The minimum absolute atomic E-state index is 0.0707. The summed E-state index contributed by atoms with van der Waals surface area (Å²) in [7, 11) is 0.